The van der Waals surface area contributed by atoms with Crippen LogP contribution in [-0.2, 0) is 4.84 Å². The van der Waals surface area contributed by atoms with Gasteiger partial charge in [0.25, 0.3) is 0 Å². The minimum Gasteiger partial charge on any atom is -0.336 e. The molecule has 0 bridgehead atoms. The molecule has 0 N–H and O–H groups in total. The molecule has 0 spiro atoms. The first-order chi connectivity index (χ1) is 11.2. The second-order valence-corrected chi connectivity index (χ2v) is 5.16. The number of carbonyl (C=O) groups excluding carboxylic acids is 1. The van der Waals surface area contributed by atoms with Gasteiger partial charge in [0.1, 0.15) is 0 Å². The van der Waals surface area contributed by atoms with E-state index in [9.17, 15) is 4.79 Å². The van der Waals surface area contributed by atoms with Crippen LogP contribution in [0.3, 0.4) is 0 Å². The van der Waals surface area contributed by atoms with Crippen molar-refractivity contribution in [3.05, 3.63) is 90.5 Å². The van der Waals surface area contributed by atoms with Gasteiger partial charge in [-0.1, -0.05) is 60.7 Å². The van der Waals surface area contributed by atoms with Gasteiger partial charge in [-0.3, -0.25) is 0 Å². The number of nitrogens with zero attached hydrogens (tertiary/aromatic N) is 1. The van der Waals surface area contributed by atoms with E-state index in [-0.39, 0.29) is 5.97 Å². The molecule has 0 fully saturated rings. The first-order valence-corrected chi connectivity index (χ1v) is 7.40. The molecular weight excluding hydrogens is 286 g/mol. The Hall–Kier alpha value is -3.07. The minimum atomic E-state index is -0.379. The summed E-state index contributed by atoms with van der Waals surface area (Å²) in [6.07, 6.45) is 0. The van der Waals surface area contributed by atoms with Crippen molar-refractivity contribution in [3.8, 4) is 11.1 Å². The summed E-state index contributed by atoms with van der Waals surface area (Å²) in [7, 11) is 1.71. The number of hydroxylamine groups is 1. The smallest absolute Gasteiger partial charge is 0.336 e. The van der Waals surface area contributed by atoms with E-state index in [2.05, 4.69) is 0 Å². The number of benzene rings is 3. The average Bonchev–Trinajstić information content (AvgIpc) is 2.63. The van der Waals surface area contributed by atoms with Crippen molar-refractivity contribution in [1.29, 1.82) is 0 Å². The lowest BCUT2D eigenvalue weighted by molar-refractivity contribution is 0.0478. The Labute approximate surface area is 135 Å². The summed E-state index contributed by atoms with van der Waals surface area (Å²) in [5, 5.41) is 1.47. The van der Waals surface area contributed by atoms with Crippen LogP contribution >= 0.6 is 0 Å². The lowest BCUT2D eigenvalue weighted by Crippen LogP contribution is -2.22. The van der Waals surface area contributed by atoms with Crippen LogP contribution in [0.1, 0.15) is 10.4 Å². The molecule has 0 aliphatic carbocycles. The third-order valence-corrected chi connectivity index (χ3v) is 3.57. The molecule has 114 valence electrons. The molecule has 0 aliphatic rings. The van der Waals surface area contributed by atoms with Gasteiger partial charge in [0.2, 0.25) is 0 Å². The summed E-state index contributed by atoms with van der Waals surface area (Å²) in [5.74, 6) is -0.379. The Bertz CT molecular complexity index is 768. The molecule has 0 saturated heterocycles. The largest absolute Gasteiger partial charge is 0.363 e. The van der Waals surface area contributed by atoms with Crippen molar-refractivity contribution in [2.24, 2.45) is 0 Å². The molecule has 3 aromatic rings. The van der Waals surface area contributed by atoms with Crippen LogP contribution in [0.2, 0.25) is 0 Å². The van der Waals surface area contributed by atoms with Crippen LogP contribution in [0.4, 0.5) is 5.69 Å². The van der Waals surface area contributed by atoms with Crippen LogP contribution in [0.25, 0.3) is 11.1 Å². The molecule has 0 saturated carbocycles. The highest BCUT2D eigenvalue weighted by Crippen LogP contribution is 2.20. The maximum atomic E-state index is 12.2. The summed E-state index contributed by atoms with van der Waals surface area (Å²) in [5.41, 5.74) is 3.53. The van der Waals surface area contributed by atoms with Gasteiger partial charge in [0, 0.05) is 7.05 Å². The third-order valence-electron chi connectivity index (χ3n) is 3.57. The molecule has 3 nitrogen and oxygen atoms in total. The predicted octanol–water partition coefficient (Wildman–Crippen LogP) is 4.56. The number of rotatable bonds is 4. The van der Waals surface area contributed by atoms with Crippen molar-refractivity contribution in [3.63, 3.8) is 0 Å². The zero-order valence-corrected chi connectivity index (χ0v) is 12.8. The molecule has 3 heteroatoms. The van der Waals surface area contributed by atoms with Gasteiger partial charge in [-0.15, -0.1) is 0 Å². The summed E-state index contributed by atoms with van der Waals surface area (Å²) >= 11 is 0. The number of para-hydroxylation sites is 1. The monoisotopic (exact) mass is 303 g/mol. The van der Waals surface area contributed by atoms with Gasteiger partial charge >= 0.3 is 5.97 Å². The molecule has 0 amide bonds. The quantitative estimate of drug-likeness (QED) is 0.662. The second kappa shape index (κ2) is 6.79. The summed E-state index contributed by atoms with van der Waals surface area (Å²) in [6.45, 7) is 0. The minimum absolute atomic E-state index is 0.379. The molecule has 3 rings (SSSR count). The molecule has 0 unspecified atom stereocenters. The highest BCUT2D eigenvalue weighted by atomic mass is 16.7. The Morgan fingerprint density at radius 2 is 1.26 bits per heavy atom. The Morgan fingerprint density at radius 3 is 1.87 bits per heavy atom. The Morgan fingerprint density at radius 1 is 0.739 bits per heavy atom. The van der Waals surface area contributed by atoms with Gasteiger partial charge in [0.05, 0.1) is 11.3 Å². The van der Waals surface area contributed by atoms with Crippen molar-refractivity contribution < 1.29 is 9.63 Å². The van der Waals surface area contributed by atoms with Gasteiger partial charge in [-0.05, 0) is 35.4 Å². The van der Waals surface area contributed by atoms with Gasteiger partial charge in [-0.2, -0.15) is 0 Å². The van der Waals surface area contributed by atoms with E-state index in [0.717, 1.165) is 16.8 Å². The lowest BCUT2D eigenvalue weighted by Gasteiger charge is -2.18. The first-order valence-electron chi connectivity index (χ1n) is 7.40. The fraction of sp³-hybridized carbons (Fsp3) is 0.0500. The fourth-order valence-corrected chi connectivity index (χ4v) is 2.30. The van der Waals surface area contributed by atoms with E-state index in [1.54, 1.807) is 19.2 Å². The van der Waals surface area contributed by atoms with Gasteiger partial charge in [0.15, 0.2) is 0 Å². The van der Waals surface area contributed by atoms with E-state index >= 15 is 0 Å². The summed E-state index contributed by atoms with van der Waals surface area (Å²) < 4.78 is 0. The molecule has 3 aromatic carbocycles. The summed E-state index contributed by atoms with van der Waals surface area (Å²) in [4.78, 5) is 17.6. The number of carbonyl (C=O) groups is 1. The topological polar surface area (TPSA) is 29.5 Å². The standard InChI is InChI=1S/C20H17NO2/c1-21(19-10-6-3-7-11-19)23-20(22)18-14-12-17(13-15-18)16-8-4-2-5-9-16/h2-15H,1H3. The van der Waals surface area contributed by atoms with Gasteiger partial charge in [-0.25, -0.2) is 9.86 Å². The van der Waals surface area contributed by atoms with Crippen LogP contribution < -0.4 is 5.06 Å². The van der Waals surface area contributed by atoms with E-state index in [1.165, 1.54) is 5.06 Å². The van der Waals surface area contributed by atoms with Crippen LogP contribution in [0, 0.1) is 0 Å². The molecule has 0 atom stereocenters. The maximum absolute atomic E-state index is 12.2. The lowest BCUT2D eigenvalue weighted by atomic mass is 10.0. The SMILES string of the molecule is CN(OC(=O)c1ccc(-c2ccccc2)cc1)c1ccccc1. The second-order valence-electron chi connectivity index (χ2n) is 5.16. The molecule has 0 aromatic heterocycles. The number of anilines is 1. The Balaban J connectivity index is 1.71. The fourth-order valence-electron chi connectivity index (χ4n) is 2.30. The molecular formula is C20H17NO2. The third kappa shape index (κ3) is 3.58. The zero-order valence-electron chi connectivity index (χ0n) is 12.8. The highest BCUT2D eigenvalue weighted by Gasteiger charge is 2.11. The zero-order chi connectivity index (χ0) is 16.1. The van der Waals surface area contributed by atoms with Crippen LogP contribution in [0.15, 0.2) is 84.9 Å². The van der Waals surface area contributed by atoms with Crippen molar-refractivity contribution in [2.75, 3.05) is 12.1 Å². The number of hydrogen-bond donors (Lipinski definition) is 0. The van der Waals surface area contributed by atoms with E-state index in [1.807, 2.05) is 72.8 Å². The predicted molar refractivity (Wildman–Crippen MR) is 92.1 cm³/mol. The van der Waals surface area contributed by atoms with E-state index < -0.39 is 0 Å². The first kappa shape index (κ1) is 14.9. The van der Waals surface area contributed by atoms with Crippen LogP contribution in [-0.4, -0.2) is 13.0 Å². The molecule has 0 radical (unpaired) electrons. The van der Waals surface area contributed by atoms with Crippen molar-refractivity contribution in [1.82, 2.24) is 0 Å². The van der Waals surface area contributed by atoms with Gasteiger partial charge < -0.3 is 4.84 Å². The van der Waals surface area contributed by atoms with E-state index in [4.69, 9.17) is 4.84 Å². The highest BCUT2D eigenvalue weighted by molar-refractivity contribution is 5.90. The van der Waals surface area contributed by atoms with Crippen molar-refractivity contribution >= 4 is 11.7 Å². The van der Waals surface area contributed by atoms with Crippen LogP contribution in [0.5, 0.6) is 0 Å². The van der Waals surface area contributed by atoms with E-state index in [0.29, 0.717) is 5.56 Å². The molecule has 0 heterocycles. The van der Waals surface area contributed by atoms with Crippen molar-refractivity contribution in [2.45, 2.75) is 0 Å². The summed E-state index contributed by atoms with van der Waals surface area (Å²) in [6, 6.07) is 26.9. The molecule has 0 aliphatic heterocycles. The maximum Gasteiger partial charge on any atom is 0.363 e. The normalized spacial score (nSPS) is 10.1. The molecule has 23 heavy (non-hydrogen) atoms. The Kier molecular flexibility index (Phi) is 4.39. The number of hydrogen-bond acceptors (Lipinski definition) is 3. The average molecular weight is 303 g/mol.